The molecule has 3 N–H and O–H groups in total. The Morgan fingerprint density at radius 3 is 1.97 bits per heavy atom. The van der Waals surface area contributed by atoms with Crippen molar-refractivity contribution in [3.8, 4) is 5.75 Å². The van der Waals surface area contributed by atoms with E-state index in [1.54, 1.807) is 6.33 Å². The third-order valence-electron chi connectivity index (χ3n) is 5.02. The molecule has 0 radical (unpaired) electrons. The molecule has 6 heteroatoms. The van der Waals surface area contributed by atoms with Crippen molar-refractivity contribution in [3.05, 3.63) is 102 Å². The molecule has 1 aromatic heterocycles. The lowest BCUT2D eigenvalue weighted by molar-refractivity contribution is 0.340. The van der Waals surface area contributed by atoms with Crippen LogP contribution in [-0.4, -0.2) is 16.6 Å². The maximum absolute atomic E-state index is 6.56. The number of nitrogens with zero attached hydrogens (tertiary/aromatic N) is 3. The van der Waals surface area contributed by atoms with Crippen molar-refractivity contribution in [3.63, 3.8) is 0 Å². The minimum Gasteiger partial charge on any atom is -0.494 e. The van der Waals surface area contributed by atoms with Crippen molar-refractivity contribution in [1.29, 1.82) is 0 Å². The lowest BCUT2D eigenvalue weighted by atomic mass is 10.1. The van der Waals surface area contributed by atoms with Gasteiger partial charge < -0.3 is 20.7 Å². The molecule has 0 fully saturated rings. The number of benzene rings is 3. The Morgan fingerprint density at radius 1 is 0.812 bits per heavy atom. The quantitative estimate of drug-likeness (QED) is 0.373. The number of hydrogen-bond acceptors (Lipinski definition) is 6. The molecule has 3 aromatic carbocycles. The van der Waals surface area contributed by atoms with E-state index in [0.717, 1.165) is 11.4 Å². The second-order valence-electron chi connectivity index (χ2n) is 7.37. The number of anilines is 4. The first-order valence-electron chi connectivity index (χ1n) is 10.7. The molecule has 0 aliphatic carbocycles. The van der Waals surface area contributed by atoms with E-state index in [0.29, 0.717) is 37.0 Å². The highest BCUT2D eigenvalue weighted by molar-refractivity contribution is 5.78. The molecule has 0 aliphatic heterocycles. The largest absolute Gasteiger partial charge is 0.494 e. The van der Waals surface area contributed by atoms with Crippen LogP contribution in [0, 0.1) is 0 Å². The molecule has 0 saturated carbocycles. The van der Waals surface area contributed by atoms with Gasteiger partial charge in [-0.1, -0.05) is 60.7 Å². The van der Waals surface area contributed by atoms with Gasteiger partial charge in [-0.05, 0) is 42.3 Å². The van der Waals surface area contributed by atoms with Crippen LogP contribution in [0.5, 0.6) is 5.75 Å². The summed E-state index contributed by atoms with van der Waals surface area (Å²) < 4.78 is 5.51. The standard InChI is InChI=1S/C26H27N5O/c1-2-32-23-15-13-22(14-16-23)30-25-24(27)26(29-19-28-25)31(17-20-9-5-3-6-10-20)18-21-11-7-4-8-12-21/h3-16,19H,2,17-18,27H2,1H3,(H,28,29,30). The van der Waals surface area contributed by atoms with Gasteiger partial charge in [-0.25, -0.2) is 9.97 Å². The van der Waals surface area contributed by atoms with Crippen LogP contribution in [0.25, 0.3) is 0 Å². The zero-order valence-corrected chi connectivity index (χ0v) is 18.1. The lowest BCUT2D eigenvalue weighted by Crippen LogP contribution is -2.24. The molecule has 4 aromatic rings. The Labute approximate surface area is 188 Å². The minimum absolute atomic E-state index is 0.508. The topological polar surface area (TPSA) is 76.3 Å². The van der Waals surface area contributed by atoms with E-state index in [-0.39, 0.29) is 0 Å². The van der Waals surface area contributed by atoms with Gasteiger partial charge in [-0.15, -0.1) is 0 Å². The first kappa shape index (κ1) is 21.2. The van der Waals surface area contributed by atoms with E-state index < -0.39 is 0 Å². The van der Waals surface area contributed by atoms with Crippen LogP contribution >= 0.6 is 0 Å². The number of rotatable bonds is 9. The third-order valence-corrected chi connectivity index (χ3v) is 5.02. The molecule has 1 heterocycles. The second-order valence-corrected chi connectivity index (χ2v) is 7.37. The SMILES string of the molecule is CCOc1ccc(Nc2ncnc(N(Cc3ccccc3)Cc3ccccc3)c2N)cc1. The van der Waals surface area contributed by atoms with Crippen LogP contribution in [0.3, 0.4) is 0 Å². The van der Waals surface area contributed by atoms with Crippen molar-refractivity contribution >= 4 is 23.0 Å². The zero-order chi connectivity index (χ0) is 22.2. The summed E-state index contributed by atoms with van der Waals surface area (Å²) in [4.78, 5) is 11.1. The van der Waals surface area contributed by atoms with Crippen molar-refractivity contribution in [2.45, 2.75) is 20.0 Å². The molecule has 162 valence electrons. The average molecular weight is 426 g/mol. The van der Waals surface area contributed by atoms with Crippen molar-refractivity contribution in [1.82, 2.24) is 9.97 Å². The fourth-order valence-electron chi connectivity index (χ4n) is 3.49. The van der Waals surface area contributed by atoms with Gasteiger partial charge in [-0.2, -0.15) is 0 Å². The Balaban J connectivity index is 1.61. The van der Waals surface area contributed by atoms with E-state index in [4.69, 9.17) is 10.5 Å². The maximum Gasteiger partial charge on any atom is 0.159 e. The van der Waals surface area contributed by atoms with Crippen molar-refractivity contribution in [2.24, 2.45) is 0 Å². The fraction of sp³-hybridized carbons (Fsp3) is 0.154. The van der Waals surface area contributed by atoms with E-state index >= 15 is 0 Å². The molecule has 0 aliphatic rings. The van der Waals surface area contributed by atoms with Gasteiger partial charge in [-0.3, -0.25) is 0 Å². The molecule has 0 amide bonds. The van der Waals surface area contributed by atoms with Gasteiger partial charge in [0, 0.05) is 18.8 Å². The van der Waals surface area contributed by atoms with Gasteiger partial charge in [0.1, 0.15) is 17.8 Å². The van der Waals surface area contributed by atoms with Crippen LogP contribution in [0.2, 0.25) is 0 Å². The lowest BCUT2D eigenvalue weighted by Gasteiger charge is -2.26. The minimum atomic E-state index is 0.508. The van der Waals surface area contributed by atoms with Gasteiger partial charge in [0.15, 0.2) is 11.6 Å². The summed E-state index contributed by atoms with van der Waals surface area (Å²) in [7, 11) is 0. The number of nitrogen functional groups attached to an aromatic ring is 1. The number of nitrogens with one attached hydrogen (secondary N) is 1. The summed E-state index contributed by atoms with van der Waals surface area (Å²) in [6.45, 7) is 3.96. The summed E-state index contributed by atoms with van der Waals surface area (Å²) in [6, 6.07) is 28.3. The molecule has 0 atom stereocenters. The van der Waals surface area contributed by atoms with E-state index in [1.165, 1.54) is 11.1 Å². The maximum atomic E-state index is 6.56. The molecular weight excluding hydrogens is 398 g/mol. The molecule has 0 bridgehead atoms. The number of hydrogen-bond donors (Lipinski definition) is 2. The predicted molar refractivity (Wildman–Crippen MR) is 130 cm³/mol. The molecule has 4 rings (SSSR count). The first-order valence-corrected chi connectivity index (χ1v) is 10.7. The van der Waals surface area contributed by atoms with E-state index in [2.05, 4.69) is 44.5 Å². The third kappa shape index (κ3) is 5.35. The fourth-order valence-corrected chi connectivity index (χ4v) is 3.49. The molecular formula is C26H27N5O. The summed E-state index contributed by atoms with van der Waals surface area (Å²) in [5.41, 5.74) is 10.3. The molecule has 0 unspecified atom stereocenters. The monoisotopic (exact) mass is 425 g/mol. The highest BCUT2D eigenvalue weighted by Gasteiger charge is 2.16. The molecule has 0 saturated heterocycles. The normalized spacial score (nSPS) is 10.5. The van der Waals surface area contributed by atoms with Gasteiger partial charge in [0.05, 0.1) is 6.61 Å². The van der Waals surface area contributed by atoms with Gasteiger partial charge in [0.2, 0.25) is 0 Å². The van der Waals surface area contributed by atoms with E-state index in [1.807, 2.05) is 67.6 Å². The van der Waals surface area contributed by atoms with Crippen LogP contribution in [-0.2, 0) is 13.1 Å². The van der Waals surface area contributed by atoms with Crippen molar-refractivity contribution in [2.75, 3.05) is 22.6 Å². The highest BCUT2D eigenvalue weighted by Crippen LogP contribution is 2.31. The van der Waals surface area contributed by atoms with Gasteiger partial charge >= 0.3 is 0 Å². The Hall–Kier alpha value is -4.06. The first-order chi connectivity index (χ1) is 15.7. The number of nitrogens with two attached hydrogens (primary N) is 1. The predicted octanol–water partition coefficient (Wildman–Crippen LogP) is 5.41. The number of aromatic nitrogens is 2. The average Bonchev–Trinajstić information content (AvgIpc) is 2.83. The Morgan fingerprint density at radius 2 is 1.41 bits per heavy atom. The van der Waals surface area contributed by atoms with Gasteiger partial charge in [0.25, 0.3) is 0 Å². The molecule has 32 heavy (non-hydrogen) atoms. The Bertz CT molecular complexity index is 1080. The van der Waals surface area contributed by atoms with Crippen LogP contribution in [0.4, 0.5) is 23.0 Å². The van der Waals surface area contributed by atoms with Crippen molar-refractivity contribution < 1.29 is 4.74 Å². The molecule has 6 nitrogen and oxygen atoms in total. The zero-order valence-electron chi connectivity index (χ0n) is 18.1. The highest BCUT2D eigenvalue weighted by atomic mass is 16.5. The smallest absolute Gasteiger partial charge is 0.159 e. The number of ether oxygens (including phenoxy) is 1. The van der Waals surface area contributed by atoms with Crippen LogP contribution in [0.15, 0.2) is 91.3 Å². The second kappa shape index (κ2) is 10.3. The summed E-state index contributed by atoms with van der Waals surface area (Å²) in [5.74, 6) is 2.10. The summed E-state index contributed by atoms with van der Waals surface area (Å²) >= 11 is 0. The van der Waals surface area contributed by atoms with Crippen LogP contribution in [0.1, 0.15) is 18.1 Å². The summed E-state index contributed by atoms with van der Waals surface area (Å²) in [6.07, 6.45) is 1.55. The molecule has 0 spiro atoms. The van der Waals surface area contributed by atoms with Crippen LogP contribution < -0.4 is 20.7 Å². The Kier molecular flexibility index (Phi) is 6.82. The van der Waals surface area contributed by atoms with E-state index in [9.17, 15) is 0 Å². The summed E-state index contributed by atoms with van der Waals surface area (Å²) in [5, 5.41) is 3.31.